The van der Waals surface area contributed by atoms with E-state index in [9.17, 15) is 9.59 Å². The molecule has 9 heteroatoms. The lowest BCUT2D eigenvalue weighted by Crippen LogP contribution is -2.38. The van der Waals surface area contributed by atoms with Gasteiger partial charge in [0, 0.05) is 61.4 Å². The molecule has 1 N–H and O–H groups in total. The maximum absolute atomic E-state index is 12.5. The van der Waals surface area contributed by atoms with Crippen LogP contribution in [0.25, 0.3) is 11.4 Å². The molecule has 4 rings (SSSR count). The first kappa shape index (κ1) is 22.0. The minimum atomic E-state index is -0.142. The van der Waals surface area contributed by atoms with E-state index in [2.05, 4.69) is 20.4 Å². The number of aromatic nitrogens is 3. The van der Waals surface area contributed by atoms with Crippen molar-refractivity contribution in [1.82, 2.24) is 25.3 Å². The van der Waals surface area contributed by atoms with Crippen molar-refractivity contribution in [2.45, 2.75) is 38.1 Å². The summed E-state index contributed by atoms with van der Waals surface area (Å²) in [5.74, 6) is 1.09. The third-order valence-corrected chi connectivity index (χ3v) is 5.78. The largest absolute Gasteiger partial charge is 0.352 e. The number of pyridine rings is 1. The molecule has 1 aliphatic rings. The Kier molecular flexibility index (Phi) is 7.11. The third kappa shape index (κ3) is 5.70. The number of carbonyl (C=O) groups excluding carboxylic acids is 2. The van der Waals surface area contributed by atoms with Gasteiger partial charge in [-0.1, -0.05) is 28.9 Å². The van der Waals surface area contributed by atoms with Crippen molar-refractivity contribution in [2.75, 3.05) is 13.1 Å². The van der Waals surface area contributed by atoms with Crippen LogP contribution in [0.15, 0.2) is 53.3 Å². The van der Waals surface area contributed by atoms with E-state index in [1.807, 2.05) is 24.3 Å². The van der Waals surface area contributed by atoms with Crippen molar-refractivity contribution >= 4 is 23.4 Å². The quantitative estimate of drug-likeness (QED) is 0.586. The Morgan fingerprint density at radius 1 is 1.12 bits per heavy atom. The monoisotopic (exact) mass is 453 g/mol. The van der Waals surface area contributed by atoms with Gasteiger partial charge in [0.05, 0.1) is 0 Å². The van der Waals surface area contributed by atoms with Crippen molar-refractivity contribution < 1.29 is 14.1 Å². The number of nitrogens with zero attached hydrogens (tertiary/aromatic N) is 4. The maximum atomic E-state index is 12.5. The summed E-state index contributed by atoms with van der Waals surface area (Å²) in [4.78, 5) is 35.0. The van der Waals surface area contributed by atoms with Crippen molar-refractivity contribution in [3.05, 3.63) is 65.3 Å². The zero-order chi connectivity index (χ0) is 22.3. The van der Waals surface area contributed by atoms with Gasteiger partial charge in [-0.3, -0.25) is 14.6 Å². The fourth-order valence-electron chi connectivity index (χ4n) is 3.66. The highest BCUT2D eigenvalue weighted by Gasteiger charge is 2.27. The molecule has 32 heavy (non-hydrogen) atoms. The second-order valence-corrected chi connectivity index (χ2v) is 8.19. The third-order valence-electron chi connectivity index (χ3n) is 5.53. The SMILES string of the molecule is O=C(CCC(=O)N1CCC(c2nc(-c3cccnc3)no2)CC1)NCc1ccc(Cl)cc1. The molecule has 1 aliphatic heterocycles. The van der Waals surface area contributed by atoms with E-state index >= 15 is 0 Å². The highest BCUT2D eigenvalue weighted by Crippen LogP contribution is 2.28. The van der Waals surface area contributed by atoms with Crippen LogP contribution in [0.4, 0.5) is 0 Å². The molecule has 1 saturated heterocycles. The van der Waals surface area contributed by atoms with Gasteiger partial charge in [0.2, 0.25) is 23.5 Å². The molecule has 0 radical (unpaired) electrons. The topological polar surface area (TPSA) is 101 Å². The number of halogens is 1. The van der Waals surface area contributed by atoms with Crippen LogP contribution in [0, 0.1) is 0 Å². The fourth-order valence-corrected chi connectivity index (χ4v) is 3.79. The van der Waals surface area contributed by atoms with Gasteiger partial charge in [-0.25, -0.2) is 0 Å². The Bertz CT molecular complexity index is 1050. The number of nitrogens with one attached hydrogen (secondary N) is 1. The molecule has 3 heterocycles. The Morgan fingerprint density at radius 3 is 2.62 bits per heavy atom. The Labute approximate surface area is 191 Å². The van der Waals surface area contributed by atoms with Gasteiger partial charge in [0.1, 0.15) is 0 Å². The zero-order valence-corrected chi connectivity index (χ0v) is 18.3. The molecule has 8 nitrogen and oxygen atoms in total. The molecule has 1 aromatic carbocycles. The van der Waals surface area contributed by atoms with E-state index in [0.29, 0.717) is 36.4 Å². The number of hydrogen-bond acceptors (Lipinski definition) is 6. The van der Waals surface area contributed by atoms with Gasteiger partial charge in [-0.15, -0.1) is 0 Å². The number of amides is 2. The van der Waals surface area contributed by atoms with Crippen LogP contribution in [-0.4, -0.2) is 44.9 Å². The van der Waals surface area contributed by atoms with E-state index in [-0.39, 0.29) is 30.6 Å². The smallest absolute Gasteiger partial charge is 0.230 e. The van der Waals surface area contributed by atoms with Crippen LogP contribution in [0.1, 0.15) is 43.1 Å². The van der Waals surface area contributed by atoms with Crippen LogP contribution in [0.2, 0.25) is 5.02 Å². The Morgan fingerprint density at radius 2 is 1.91 bits per heavy atom. The molecule has 0 unspecified atom stereocenters. The molecule has 166 valence electrons. The van der Waals surface area contributed by atoms with Gasteiger partial charge in [0.25, 0.3) is 0 Å². The summed E-state index contributed by atoms with van der Waals surface area (Å²) >= 11 is 5.86. The van der Waals surface area contributed by atoms with Crippen LogP contribution < -0.4 is 5.32 Å². The van der Waals surface area contributed by atoms with Gasteiger partial charge in [0.15, 0.2) is 0 Å². The number of carbonyl (C=O) groups is 2. The van der Waals surface area contributed by atoms with Crippen LogP contribution in [0.5, 0.6) is 0 Å². The number of rotatable bonds is 7. The average Bonchev–Trinajstić information content (AvgIpc) is 3.33. The zero-order valence-electron chi connectivity index (χ0n) is 17.5. The number of piperidine rings is 1. The number of likely N-dealkylation sites (tertiary alicyclic amines) is 1. The molecule has 0 atom stereocenters. The minimum Gasteiger partial charge on any atom is -0.352 e. The first-order valence-electron chi connectivity index (χ1n) is 10.6. The van der Waals surface area contributed by atoms with E-state index in [1.165, 1.54) is 0 Å². The summed E-state index contributed by atoms with van der Waals surface area (Å²) in [5, 5.41) is 7.54. The molecule has 2 amide bonds. The molecule has 2 aromatic heterocycles. The van der Waals surface area contributed by atoms with Gasteiger partial charge in [-0.05, 0) is 42.7 Å². The summed E-state index contributed by atoms with van der Waals surface area (Å²) in [6, 6.07) is 11.0. The molecular formula is C23H24ClN5O3. The summed E-state index contributed by atoms with van der Waals surface area (Å²) in [5.41, 5.74) is 1.77. The van der Waals surface area contributed by atoms with Crippen molar-refractivity contribution in [2.24, 2.45) is 0 Å². The molecular weight excluding hydrogens is 430 g/mol. The van der Waals surface area contributed by atoms with Crippen molar-refractivity contribution in [3.8, 4) is 11.4 Å². The molecule has 0 spiro atoms. The molecule has 3 aromatic rings. The van der Waals surface area contributed by atoms with Gasteiger partial charge < -0.3 is 14.7 Å². The Balaban J connectivity index is 1.19. The first-order valence-corrected chi connectivity index (χ1v) is 11.0. The lowest BCUT2D eigenvalue weighted by Gasteiger charge is -2.30. The normalized spacial score (nSPS) is 14.3. The van der Waals surface area contributed by atoms with Crippen LogP contribution in [-0.2, 0) is 16.1 Å². The van der Waals surface area contributed by atoms with E-state index in [4.69, 9.17) is 16.1 Å². The average molecular weight is 454 g/mol. The molecule has 0 saturated carbocycles. The molecule has 0 bridgehead atoms. The van der Waals surface area contributed by atoms with Gasteiger partial charge >= 0.3 is 0 Å². The van der Waals surface area contributed by atoms with Crippen LogP contribution >= 0.6 is 11.6 Å². The predicted molar refractivity (Wildman–Crippen MR) is 119 cm³/mol. The van der Waals surface area contributed by atoms with Crippen molar-refractivity contribution in [3.63, 3.8) is 0 Å². The standard InChI is InChI=1S/C23H24ClN5O3/c24-19-5-3-16(4-6-19)14-26-20(30)7-8-21(31)29-12-9-17(10-13-29)23-27-22(28-32-23)18-2-1-11-25-15-18/h1-6,11,15,17H,7-10,12-14H2,(H,26,30). The highest BCUT2D eigenvalue weighted by atomic mass is 35.5. The summed E-state index contributed by atoms with van der Waals surface area (Å²) in [6.07, 6.45) is 5.27. The fraction of sp³-hybridized carbons (Fsp3) is 0.348. The van der Waals surface area contributed by atoms with Gasteiger partial charge in [-0.2, -0.15) is 4.98 Å². The highest BCUT2D eigenvalue weighted by molar-refractivity contribution is 6.30. The minimum absolute atomic E-state index is 0.00771. The summed E-state index contributed by atoms with van der Waals surface area (Å²) in [6.45, 7) is 1.64. The predicted octanol–water partition coefficient (Wildman–Crippen LogP) is 3.59. The van der Waals surface area contributed by atoms with E-state index < -0.39 is 0 Å². The van der Waals surface area contributed by atoms with Crippen LogP contribution in [0.3, 0.4) is 0 Å². The number of benzene rings is 1. The lowest BCUT2D eigenvalue weighted by atomic mass is 9.96. The first-order chi connectivity index (χ1) is 15.6. The van der Waals surface area contributed by atoms with E-state index in [1.54, 1.807) is 29.4 Å². The summed E-state index contributed by atoms with van der Waals surface area (Å²) in [7, 11) is 0. The molecule has 1 fully saturated rings. The van der Waals surface area contributed by atoms with Crippen molar-refractivity contribution in [1.29, 1.82) is 0 Å². The number of hydrogen-bond donors (Lipinski definition) is 1. The second kappa shape index (κ2) is 10.4. The summed E-state index contributed by atoms with van der Waals surface area (Å²) < 4.78 is 5.45. The van der Waals surface area contributed by atoms with E-state index in [0.717, 1.165) is 24.0 Å². The maximum Gasteiger partial charge on any atom is 0.230 e. The molecule has 0 aliphatic carbocycles. The Hall–Kier alpha value is -3.26. The lowest BCUT2D eigenvalue weighted by molar-refractivity contribution is -0.134. The second-order valence-electron chi connectivity index (χ2n) is 7.76.